The second-order valence-corrected chi connectivity index (χ2v) is 8.43. The van der Waals surface area contributed by atoms with Crippen molar-refractivity contribution in [2.45, 2.75) is 43.9 Å². The summed E-state index contributed by atoms with van der Waals surface area (Å²) in [5, 5.41) is 3.47. The molecule has 174 valence electrons. The number of aryl methyl sites for hydroxylation is 3. The fraction of sp³-hybridized carbons (Fsp3) is 0.368. The SMILES string of the molecule is C#CCN(C(=O)CCc1cc(C(F)(F)F)ccc1C(F)(F)F)S(=O)(=O)c1c(C)noc1C. The van der Waals surface area contributed by atoms with Gasteiger partial charge in [-0.05, 0) is 44.0 Å². The highest BCUT2D eigenvalue weighted by atomic mass is 32.2. The lowest BCUT2D eigenvalue weighted by molar-refractivity contribution is -0.142. The molecule has 32 heavy (non-hydrogen) atoms. The van der Waals surface area contributed by atoms with Crippen LogP contribution in [0.1, 0.15) is 34.6 Å². The maximum atomic E-state index is 13.2. The van der Waals surface area contributed by atoms with E-state index in [4.69, 9.17) is 10.9 Å². The van der Waals surface area contributed by atoms with Gasteiger partial charge in [0.25, 0.3) is 10.0 Å². The Labute approximate surface area is 179 Å². The summed E-state index contributed by atoms with van der Waals surface area (Å²) in [4.78, 5) is 12.2. The smallest absolute Gasteiger partial charge is 0.360 e. The van der Waals surface area contributed by atoms with Gasteiger partial charge in [-0.15, -0.1) is 6.42 Å². The molecule has 0 spiro atoms. The number of hydrogen-bond donors (Lipinski definition) is 0. The van der Waals surface area contributed by atoms with E-state index < -0.39 is 69.3 Å². The fourth-order valence-corrected chi connectivity index (χ4v) is 4.60. The van der Waals surface area contributed by atoms with E-state index in [1.807, 2.05) is 5.92 Å². The number of halogens is 6. The van der Waals surface area contributed by atoms with Gasteiger partial charge in [0.1, 0.15) is 5.69 Å². The highest BCUT2D eigenvalue weighted by Crippen LogP contribution is 2.37. The molecule has 0 fully saturated rings. The third-order valence-electron chi connectivity index (χ3n) is 4.38. The van der Waals surface area contributed by atoms with Gasteiger partial charge in [-0.3, -0.25) is 4.79 Å². The topological polar surface area (TPSA) is 80.5 Å². The number of benzene rings is 1. The largest absolute Gasteiger partial charge is 0.416 e. The number of nitrogens with zero attached hydrogens (tertiary/aromatic N) is 2. The van der Waals surface area contributed by atoms with Gasteiger partial charge in [-0.2, -0.15) is 26.3 Å². The molecule has 0 saturated carbocycles. The van der Waals surface area contributed by atoms with Crippen molar-refractivity contribution >= 4 is 15.9 Å². The average molecular weight is 482 g/mol. The molecule has 0 aliphatic carbocycles. The van der Waals surface area contributed by atoms with E-state index in [1.165, 1.54) is 13.8 Å². The fourth-order valence-electron chi connectivity index (χ4n) is 2.96. The molecule has 1 aromatic heterocycles. The minimum atomic E-state index is -4.98. The second kappa shape index (κ2) is 8.85. The normalized spacial score (nSPS) is 12.5. The maximum Gasteiger partial charge on any atom is 0.416 e. The molecule has 2 rings (SSSR count). The molecule has 13 heteroatoms. The Kier molecular flexibility index (Phi) is 6.99. The molecule has 0 bridgehead atoms. The lowest BCUT2D eigenvalue weighted by Gasteiger charge is -2.21. The summed E-state index contributed by atoms with van der Waals surface area (Å²) in [5.41, 5.74) is -3.59. The molecule has 1 aromatic carbocycles. The van der Waals surface area contributed by atoms with Crippen LogP contribution in [0.2, 0.25) is 0 Å². The van der Waals surface area contributed by atoms with E-state index in [2.05, 4.69) is 5.16 Å². The third kappa shape index (κ3) is 5.24. The molecule has 0 aliphatic heterocycles. The minimum absolute atomic E-state index is 0.0745. The number of hydrogen-bond acceptors (Lipinski definition) is 5. The Hall–Kier alpha value is -3.01. The van der Waals surface area contributed by atoms with Crippen molar-refractivity contribution in [2.24, 2.45) is 0 Å². The quantitative estimate of drug-likeness (QED) is 0.457. The number of sulfonamides is 1. The van der Waals surface area contributed by atoms with Crippen molar-refractivity contribution in [1.82, 2.24) is 9.46 Å². The monoisotopic (exact) mass is 482 g/mol. The standard InChI is InChI=1S/C19H16F6N2O4S/c1-4-9-27(32(29,30)17-11(2)26-31-12(17)3)16(28)8-5-13-10-14(18(20,21)22)6-7-15(13)19(23,24)25/h1,6-7,10H,5,8-9H2,2-3H3. The molecular weight excluding hydrogens is 466 g/mol. The van der Waals surface area contributed by atoms with Gasteiger partial charge in [0, 0.05) is 6.42 Å². The van der Waals surface area contributed by atoms with Crippen LogP contribution in [0.5, 0.6) is 0 Å². The Balaban J connectivity index is 2.40. The summed E-state index contributed by atoms with van der Waals surface area (Å²) in [7, 11) is -4.57. The van der Waals surface area contributed by atoms with Crippen molar-refractivity contribution in [2.75, 3.05) is 6.54 Å². The van der Waals surface area contributed by atoms with Crippen molar-refractivity contribution in [1.29, 1.82) is 0 Å². The molecule has 0 N–H and O–H groups in total. The highest BCUT2D eigenvalue weighted by molar-refractivity contribution is 7.89. The van der Waals surface area contributed by atoms with Crippen LogP contribution in [0.3, 0.4) is 0 Å². The minimum Gasteiger partial charge on any atom is -0.360 e. The first-order valence-electron chi connectivity index (χ1n) is 8.80. The Morgan fingerprint density at radius 1 is 1.16 bits per heavy atom. The van der Waals surface area contributed by atoms with E-state index >= 15 is 0 Å². The number of carbonyl (C=O) groups is 1. The molecule has 6 nitrogen and oxygen atoms in total. The molecule has 1 amide bonds. The summed E-state index contributed by atoms with van der Waals surface area (Å²) in [6.07, 6.45) is -6.43. The van der Waals surface area contributed by atoms with Crippen molar-refractivity contribution in [3.8, 4) is 12.3 Å². The molecule has 0 atom stereocenters. The summed E-state index contributed by atoms with van der Waals surface area (Å²) in [6, 6.07) is 0.827. The maximum absolute atomic E-state index is 13.2. The number of terminal acetylenes is 1. The lowest BCUT2D eigenvalue weighted by atomic mass is 9.99. The molecule has 0 aliphatic rings. The number of carbonyl (C=O) groups excluding carboxylic acids is 1. The van der Waals surface area contributed by atoms with Gasteiger partial charge < -0.3 is 4.52 Å². The summed E-state index contributed by atoms with van der Waals surface area (Å²) < 4.78 is 109. The van der Waals surface area contributed by atoms with Gasteiger partial charge >= 0.3 is 12.4 Å². The van der Waals surface area contributed by atoms with Crippen molar-refractivity contribution in [3.63, 3.8) is 0 Å². The second-order valence-electron chi connectivity index (χ2n) is 6.63. The molecule has 1 heterocycles. The predicted octanol–water partition coefficient (Wildman–Crippen LogP) is 4.11. The third-order valence-corrected chi connectivity index (χ3v) is 6.39. The zero-order valence-corrected chi connectivity index (χ0v) is 17.5. The van der Waals surface area contributed by atoms with Crippen molar-refractivity contribution < 1.29 is 44.1 Å². The van der Waals surface area contributed by atoms with Gasteiger partial charge in [-0.1, -0.05) is 11.1 Å². The average Bonchev–Trinajstić information content (AvgIpc) is 3.01. The predicted molar refractivity (Wildman–Crippen MR) is 98.5 cm³/mol. The summed E-state index contributed by atoms with van der Waals surface area (Å²) >= 11 is 0. The zero-order chi connectivity index (χ0) is 24.5. The van der Waals surface area contributed by atoms with Crippen LogP contribution in [0.15, 0.2) is 27.6 Å². The zero-order valence-electron chi connectivity index (χ0n) is 16.6. The Morgan fingerprint density at radius 2 is 1.78 bits per heavy atom. The van der Waals surface area contributed by atoms with E-state index in [0.717, 1.165) is 0 Å². The van der Waals surface area contributed by atoms with Crippen LogP contribution >= 0.6 is 0 Å². The van der Waals surface area contributed by atoms with E-state index in [1.54, 1.807) is 0 Å². The van der Waals surface area contributed by atoms with Crippen LogP contribution in [0, 0.1) is 26.2 Å². The lowest BCUT2D eigenvalue weighted by Crippen LogP contribution is -2.38. The van der Waals surface area contributed by atoms with Crippen LogP contribution in [0.4, 0.5) is 26.3 Å². The molecule has 0 saturated heterocycles. The number of aromatic nitrogens is 1. The highest BCUT2D eigenvalue weighted by Gasteiger charge is 2.38. The summed E-state index contributed by atoms with van der Waals surface area (Å²) in [5.74, 6) is 0.620. The number of amides is 1. The van der Waals surface area contributed by atoms with Crippen LogP contribution in [0.25, 0.3) is 0 Å². The van der Waals surface area contributed by atoms with E-state index in [0.29, 0.717) is 0 Å². The Morgan fingerprint density at radius 3 is 2.25 bits per heavy atom. The van der Waals surface area contributed by atoms with Gasteiger partial charge in [0.15, 0.2) is 10.7 Å². The first kappa shape index (κ1) is 25.3. The van der Waals surface area contributed by atoms with Crippen molar-refractivity contribution in [3.05, 3.63) is 46.3 Å². The number of alkyl halides is 6. The van der Waals surface area contributed by atoms with Crippen LogP contribution < -0.4 is 0 Å². The first-order chi connectivity index (χ1) is 14.6. The van der Waals surface area contributed by atoms with Crippen LogP contribution in [-0.4, -0.2) is 30.3 Å². The molecular formula is C19H16F6N2O4S. The summed E-state index contributed by atoms with van der Waals surface area (Å²) in [6.45, 7) is 1.81. The first-order valence-corrected chi connectivity index (χ1v) is 10.2. The van der Waals surface area contributed by atoms with Gasteiger partial charge in [0.2, 0.25) is 5.91 Å². The van der Waals surface area contributed by atoms with Gasteiger partial charge in [0.05, 0.1) is 17.7 Å². The molecule has 0 unspecified atom stereocenters. The van der Waals surface area contributed by atoms with E-state index in [9.17, 15) is 39.6 Å². The molecule has 2 aromatic rings. The Bertz CT molecular complexity index is 1140. The van der Waals surface area contributed by atoms with E-state index in [-0.39, 0.29) is 34.0 Å². The van der Waals surface area contributed by atoms with Gasteiger partial charge in [-0.25, -0.2) is 12.7 Å². The number of rotatable bonds is 6. The molecule has 0 radical (unpaired) electrons. The van der Waals surface area contributed by atoms with Crippen LogP contribution in [-0.2, 0) is 33.6 Å².